The van der Waals surface area contributed by atoms with Crippen LogP contribution in [0.2, 0.25) is 0 Å². The molecule has 0 aliphatic carbocycles. The summed E-state index contributed by atoms with van der Waals surface area (Å²) in [6, 6.07) is 16.9. The van der Waals surface area contributed by atoms with Gasteiger partial charge in [-0.15, -0.1) is 0 Å². The molecule has 3 rings (SSSR count). The fraction of sp³-hybridized carbons (Fsp3) is 0.227. The first-order valence-electron chi connectivity index (χ1n) is 9.43. The van der Waals surface area contributed by atoms with Gasteiger partial charge in [-0.3, -0.25) is 4.79 Å². The van der Waals surface area contributed by atoms with E-state index in [1.807, 2.05) is 74.0 Å². The molecule has 0 spiro atoms. The van der Waals surface area contributed by atoms with Gasteiger partial charge in [-0.25, -0.2) is 9.48 Å². The van der Waals surface area contributed by atoms with Gasteiger partial charge in [-0.2, -0.15) is 5.10 Å². The van der Waals surface area contributed by atoms with Crippen LogP contribution in [-0.2, 0) is 11.3 Å². The van der Waals surface area contributed by atoms with Crippen molar-refractivity contribution in [3.63, 3.8) is 0 Å². The third kappa shape index (κ3) is 5.22. The average molecular weight is 391 g/mol. The van der Waals surface area contributed by atoms with Gasteiger partial charge in [0.2, 0.25) is 5.91 Å². The molecule has 0 unspecified atom stereocenters. The zero-order valence-electron chi connectivity index (χ0n) is 16.8. The van der Waals surface area contributed by atoms with E-state index in [0.29, 0.717) is 12.2 Å². The number of amides is 3. The molecule has 0 bridgehead atoms. The standard InChI is InChI=1S/C22H25N5O2/c1-15-8-7-9-18(12-15)25-22(29)24-14-21(28)23-13-20-16(2)26-27(17(20)3)19-10-5-4-6-11-19/h4-12H,13-14H2,1-3H3,(H,23,28)(H2,24,25,29). The van der Waals surface area contributed by atoms with E-state index in [4.69, 9.17) is 0 Å². The minimum atomic E-state index is -0.421. The highest BCUT2D eigenvalue weighted by Gasteiger charge is 2.14. The van der Waals surface area contributed by atoms with Crippen LogP contribution >= 0.6 is 0 Å². The van der Waals surface area contributed by atoms with Crippen molar-refractivity contribution in [3.8, 4) is 5.69 Å². The van der Waals surface area contributed by atoms with Gasteiger partial charge in [-0.05, 0) is 50.6 Å². The van der Waals surface area contributed by atoms with Crippen LogP contribution in [-0.4, -0.2) is 28.3 Å². The molecule has 2 aromatic carbocycles. The monoisotopic (exact) mass is 391 g/mol. The van der Waals surface area contributed by atoms with E-state index in [0.717, 1.165) is 28.2 Å². The molecular weight excluding hydrogens is 366 g/mol. The number of rotatable bonds is 6. The van der Waals surface area contributed by atoms with Gasteiger partial charge in [-0.1, -0.05) is 30.3 Å². The largest absolute Gasteiger partial charge is 0.350 e. The van der Waals surface area contributed by atoms with Crippen LogP contribution in [0.15, 0.2) is 54.6 Å². The molecule has 0 aliphatic heterocycles. The fourth-order valence-corrected chi connectivity index (χ4v) is 3.06. The number of hydrogen-bond donors (Lipinski definition) is 3. The van der Waals surface area contributed by atoms with E-state index >= 15 is 0 Å². The minimum absolute atomic E-state index is 0.109. The molecule has 1 aromatic heterocycles. The quantitative estimate of drug-likeness (QED) is 0.603. The molecule has 0 fully saturated rings. The second-order valence-corrected chi connectivity index (χ2v) is 6.85. The van der Waals surface area contributed by atoms with Gasteiger partial charge in [0.25, 0.3) is 0 Å². The fourth-order valence-electron chi connectivity index (χ4n) is 3.06. The lowest BCUT2D eigenvalue weighted by atomic mass is 10.2. The van der Waals surface area contributed by atoms with E-state index in [1.54, 1.807) is 6.07 Å². The molecule has 3 aromatic rings. The highest BCUT2D eigenvalue weighted by atomic mass is 16.2. The van der Waals surface area contributed by atoms with Crippen LogP contribution < -0.4 is 16.0 Å². The third-order valence-electron chi connectivity index (χ3n) is 4.59. The van der Waals surface area contributed by atoms with Gasteiger partial charge in [0.15, 0.2) is 0 Å². The lowest BCUT2D eigenvalue weighted by Gasteiger charge is -2.09. The van der Waals surface area contributed by atoms with E-state index in [2.05, 4.69) is 21.0 Å². The first kappa shape index (κ1) is 20.1. The van der Waals surface area contributed by atoms with Crippen LogP contribution in [0, 0.1) is 20.8 Å². The van der Waals surface area contributed by atoms with Gasteiger partial charge in [0, 0.05) is 23.5 Å². The first-order valence-corrected chi connectivity index (χ1v) is 9.43. The van der Waals surface area contributed by atoms with Crippen LogP contribution in [0.3, 0.4) is 0 Å². The average Bonchev–Trinajstić information content (AvgIpc) is 2.99. The normalized spacial score (nSPS) is 10.4. The summed E-state index contributed by atoms with van der Waals surface area (Å²) in [6.45, 7) is 6.08. The van der Waals surface area contributed by atoms with Gasteiger partial charge < -0.3 is 16.0 Å². The van der Waals surface area contributed by atoms with Gasteiger partial charge >= 0.3 is 6.03 Å². The summed E-state index contributed by atoms with van der Waals surface area (Å²) >= 11 is 0. The van der Waals surface area contributed by atoms with Crippen LogP contribution in [0.25, 0.3) is 5.69 Å². The molecule has 0 saturated heterocycles. The number of nitrogens with one attached hydrogen (secondary N) is 3. The van der Waals surface area contributed by atoms with Crippen molar-refractivity contribution in [2.45, 2.75) is 27.3 Å². The number of carbonyl (C=O) groups excluding carboxylic acids is 2. The van der Waals surface area contributed by atoms with Crippen molar-refractivity contribution in [2.24, 2.45) is 0 Å². The molecule has 3 N–H and O–H groups in total. The molecule has 3 amide bonds. The Morgan fingerprint density at radius 1 is 0.966 bits per heavy atom. The Bertz CT molecular complexity index is 1010. The topological polar surface area (TPSA) is 88.1 Å². The minimum Gasteiger partial charge on any atom is -0.350 e. The lowest BCUT2D eigenvalue weighted by Crippen LogP contribution is -2.38. The maximum atomic E-state index is 12.1. The van der Waals surface area contributed by atoms with Gasteiger partial charge in [0.1, 0.15) is 0 Å². The maximum absolute atomic E-state index is 12.1. The summed E-state index contributed by atoms with van der Waals surface area (Å²) in [6.07, 6.45) is 0. The summed E-state index contributed by atoms with van der Waals surface area (Å²) < 4.78 is 1.87. The zero-order valence-corrected chi connectivity index (χ0v) is 16.8. The summed E-state index contributed by atoms with van der Waals surface area (Å²) in [7, 11) is 0. The Labute approximate surface area is 170 Å². The summed E-state index contributed by atoms with van der Waals surface area (Å²) in [5.74, 6) is -0.268. The molecular formula is C22H25N5O2. The molecule has 150 valence electrons. The SMILES string of the molecule is Cc1cccc(NC(=O)NCC(=O)NCc2c(C)nn(-c3ccccc3)c2C)c1. The molecule has 0 atom stereocenters. The predicted octanol–water partition coefficient (Wildman–Crippen LogP) is 3.24. The van der Waals surface area contributed by atoms with E-state index < -0.39 is 6.03 Å². The van der Waals surface area contributed by atoms with Crippen molar-refractivity contribution in [1.82, 2.24) is 20.4 Å². The maximum Gasteiger partial charge on any atom is 0.319 e. The van der Waals surface area contributed by atoms with Crippen molar-refractivity contribution >= 4 is 17.6 Å². The number of carbonyl (C=O) groups is 2. The Morgan fingerprint density at radius 3 is 2.45 bits per heavy atom. The molecule has 0 aliphatic rings. The molecule has 7 heteroatoms. The highest BCUT2D eigenvalue weighted by molar-refractivity contribution is 5.92. The number of aryl methyl sites for hydroxylation is 2. The van der Waals surface area contributed by atoms with Crippen LogP contribution in [0.4, 0.5) is 10.5 Å². The van der Waals surface area contributed by atoms with E-state index in [-0.39, 0.29) is 12.5 Å². The second-order valence-electron chi connectivity index (χ2n) is 6.85. The number of aromatic nitrogens is 2. The van der Waals surface area contributed by atoms with Crippen molar-refractivity contribution in [1.29, 1.82) is 0 Å². The summed E-state index contributed by atoms with van der Waals surface area (Å²) in [5, 5.41) is 12.7. The van der Waals surface area contributed by atoms with Crippen LogP contribution in [0.1, 0.15) is 22.5 Å². The smallest absolute Gasteiger partial charge is 0.319 e. The highest BCUT2D eigenvalue weighted by Crippen LogP contribution is 2.17. The molecule has 29 heavy (non-hydrogen) atoms. The number of benzene rings is 2. The molecule has 1 heterocycles. The number of para-hydroxylation sites is 1. The number of nitrogens with zero attached hydrogens (tertiary/aromatic N) is 2. The van der Waals surface area contributed by atoms with Crippen molar-refractivity contribution < 1.29 is 9.59 Å². The number of urea groups is 1. The predicted molar refractivity (Wildman–Crippen MR) is 113 cm³/mol. The summed E-state index contributed by atoms with van der Waals surface area (Å²) in [4.78, 5) is 24.1. The molecule has 0 saturated carbocycles. The Morgan fingerprint density at radius 2 is 1.72 bits per heavy atom. The Balaban J connectivity index is 1.52. The second kappa shape index (κ2) is 9.05. The number of anilines is 1. The number of hydrogen-bond acceptors (Lipinski definition) is 3. The molecule has 7 nitrogen and oxygen atoms in total. The van der Waals surface area contributed by atoms with Crippen molar-refractivity contribution in [3.05, 3.63) is 77.1 Å². The third-order valence-corrected chi connectivity index (χ3v) is 4.59. The van der Waals surface area contributed by atoms with Crippen LogP contribution in [0.5, 0.6) is 0 Å². The Hall–Kier alpha value is -3.61. The lowest BCUT2D eigenvalue weighted by molar-refractivity contribution is -0.120. The van der Waals surface area contributed by atoms with E-state index in [9.17, 15) is 9.59 Å². The molecule has 0 radical (unpaired) electrons. The Kier molecular flexibility index (Phi) is 6.29. The first-order chi connectivity index (χ1) is 13.9. The van der Waals surface area contributed by atoms with Gasteiger partial charge in [0.05, 0.1) is 17.9 Å². The summed E-state index contributed by atoms with van der Waals surface area (Å²) in [5.41, 5.74) is 5.49. The zero-order chi connectivity index (χ0) is 20.8. The van der Waals surface area contributed by atoms with Crippen molar-refractivity contribution in [2.75, 3.05) is 11.9 Å². The van der Waals surface area contributed by atoms with E-state index in [1.165, 1.54) is 0 Å².